The number of carboxylic acid groups (broad SMARTS) is 1. The van der Waals surface area contributed by atoms with E-state index in [4.69, 9.17) is 9.47 Å². The Morgan fingerprint density at radius 1 is 0.907 bits per heavy atom. The molecular weight excluding hydrogens is 534 g/mol. The van der Waals surface area contributed by atoms with E-state index in [1.807, 2.05) is 24.3 Å². The minimum Gasteiger partial charge on any atom is -0.492 e. The second-order valence-electron chi connectivity index (χ2n) is 11.7. The third kappa shape index (κ3) is 7.35. The maximum absolute atomic E-state index is 11.5. The normalized spacial score (nSPS) is 15.7. The molecule has 5 heteroatoms. The molecule has 5 nitrogen and oxygen atoms in total. The molecule has 1 aliphatic rings. The molecule has 1 N–H and O–H groups in total. The Hall–Kier alpha value is -3.93. The molecule has 0 saturated carbocycles. The van der Waals surface area contributed by atoms with Gasteiger partial charge in [-0.2, -0.15) is 0 Å². The lowest BCUT2D eigenvalue weighted by atomic mass is 9.87. The van der Waals surface area contributed by atoms with Gasteiger partial charge < -0.3 is 14.6 Å². The van der Waals surface area contributed by atoms with E-state index < -0.39 is 12.1 Å². The molecule has 0 bridgehead atoms. The average Bonchev–Trinajstić information content (AvgIpc) is 3.17. The van der Waals surface area contributed by atoms with E-state index in [-0.39, 0.29) is 6.04 Å². The third-order valence-corrected chi connectivity index (χ3v) is 8.66. The lowest BCUT2D eigenvalue weighted by molar-refractivity contribution is -0.149. The molecule has 0 heterocycles. The van der Waals surface area contributed by atoms with Gasteiger partial charge in [-0.05, 0) is 84.8 Å². The average molecular weight is 578 g/mol. The summed E-state index contributed by atoms with van der Waals surface area (Å²) in [6, 6.07) is 32.5. The first kappa shape index (κ1) is 30.5. The smallest absolute Gasteiger partial charge is 0.333 e. The molecule has 3 atom stereocenters. The van der Waals surface area contributed by atoms with Crippen molar-refractivity contribution in [3.8, 4) is 5.75 Å². The second kappa shape index (κ2) is 14.0. The van der Waals surface area contributed by atoms with E-state index in [1.165, 1.54) is 38.9 Å². The fraction of sp³-hybridized carbons (Fsp3) is 0.342. The summed E-state index contributed by atoms with van der Waals surface area (Å²) in [4.78, 5) is 13.9. The number of aryl methyl sites for hydroxylation is 3. The number of hydrogen-bond acceptors (Lipinski definition) is 4. The van der Waals surface area contributed by atoms with Gasteiger partial charge in [0.15, 0.2) is 6.10 Å². The van der Waals surface area contributed by atoms with Gasteiger partial charge in [0.1, 0.15) is 12.4 Å². The molecule has 4 aromatic rings. The number of likely N-dealkylation sites (N-methyl/N-ethyl adjacent to an activating group) is 1. The topological polar surface area (TPSA) is 59.0 Å². The zero-order valence-corrected chi connectivity index (χ0v) is 25.8. The fourth-order valence-corrected chi connectivity index (χ4v) is 6.22. The van der Waals surface area contributed by atoms with Crippen molar-refractivity contribution in [2.75, 3.05) is 26.8 Å². The highest BCUT2D eigenvalue weighted by Gasteiger charge is 2.28. The summed E-state index contributed by atoms with van der Waals surface area (Å²) in [5.41, 5.74) is 10.5. The maximum atomic E-state index is 11.5. The maximum Gasteiger partial charge on any atom is 0.333 e. The number of benzene rings is 4. The van der Waals surface area contributed by atoms with Gasteiger partial charge in [-0.15, -0.1) is 0 Å². The van der Waals surface area contributed by atoms with Crippen LogP contribution in [-0.4, -0.2) is 48.9 Å². The summed E-state index contributed by atoms with van der Waals surface area (Å²) in [6.45, 7) is 7.94. The van der Waals surface area contributed by atoms with Crippen LogP contribution in [0.15, 0.2) is 91.0 Å². The van der Waals surface area contributed by atoms with Crippen molar-refractivity contribution < 1.29 is 19.4 Å². The van der Waals surface area contributed by atoms with Gasteiger partial charge in [0, 0.05) is 25.5 Å². The first-order valence-corrected chi connectivity index (χ1v) is 15.4. The molecule has 0 radical (unpaired) electrons. The molecule has 43 heavy (non-hydrogen) atoms. The number of hydrogen-bond donors (Lipinski definition) is 1. The molecule has 1 aliphatic carbocycles. The SMILES string of the molecule is CCOC(Cc1ccc(OCCN(C)C2c3ccc(C)cc3CCc3ccc(C(C)c4ccccc4)cc32)cc1)C(=O)O. The summed E-state index contributed by atoms with van der Waals surface area (Å²) in [6.07, 6.45) is 1.56. The van der Waals surface area contributed by atoms with Gasteiger partial charge in [0.05, 0.1) is 6.04 Å². The molecule has 0 aliphatic heterocycles. The van der Waals surface area contributed by atoms with E-state index in [9.17, 15) is 9.90 Å². The monoisotopic (exact) mass is 577 g/mol. The fourth-order valence-electron chi connectivity index (χ4n) is 6.22. The van der Waals surface area contributed by atoms with Crippen molar-refractivity contribution in [3.63, 3.8) is 0 Å². The summed E-state index contributed by atoms with van der Waals surface area (Å²) in [7, 11) is 2.20. The Labute approximate surface area is 256 Å². The molecule has 0 fully saturated rings. The molecule has 5 rings (SSSR count). The Bertz CT molecular complexity index is 1520. The van der Waals surface area contributed by atoms with Gasteiger partial charge in [0.25, 0.3) is 0 Å². The number of nitrogens with zero attached hydrogens (tertiary/aromatic N) is 1. The summed E-state index contributed by atoms with van der Waals surface area (Å²) in [5.74, 6) is 0.143. The van der Waals surface area contributed by atoms with Crippen LogP contribution in [0.25, 0.3) is 0 Å². The highest BCUT2D eigenvalue weighted by molar-refractivity contribution is 5.72. The van der Waals surface area contributed by atoms with Gasteiger partial charge in [-0.1, -0.05) is 91.3 Å². The Kier molecular flexibility index (Phi) is 9.96. The lowest BCUT2D eigenvalue weighted by Gasteiger charge is -2.31. The Balaban J connectivity index is 1.34. The lowest BCUT2D eigenvalue weighted by Crippen LogP contribution is -2.30. The number of carboxylic acids is 1. The van der Waals surface area contributed by atoms with Crippen LogP contribution >= 0.6 is 0 Å². The van der Waals surface area contributed by atoms with Crippen molar-refractivity contribution in [1.82, 2.24) is 4.90 Å². The van der Waals surface area contributed by atoms with Crippen LogP contribution in [0.1, 0.15) is 70.3 Å². The van der Waals surface area contributed by atoms with Crippen molar-refractivity contribution in [2.24, 2.45) is 0 Å². The predicted octanol–water partition coefficient (Wildman–Crippen LogP) is 7.38. The van der Waals surface area contributed by atoms with Crippen LogP contribution in [0.4, 0.5) is 0 Å². The largest absolute Gasteiger partial charge is 0.492 e. The Morgan fingerprint density at radius 3 is 2.37 bits per heavy atom. The van der Waals surface area contributed by atoms with Crippen molar-refractivity contribution >= 4 is 5.97 Å². The molecule has 224 valence electrons. The summed E-state index contributed by atoms with van der Waals surface area (Å²) >= 11 is 0. The number of carbonyl (C=O) groups is 1. The highest BCUT2D eigenvalue weighted by atomic mass is 16.5. The molecule has 0 spiro atoms. The van der Waals surface area contributed by atoms with Crippen LogP contribution in [0.2, 0.25) is 0 Å². The highest BCUT2D eigenvalue weighted by Crippen LogP contribution is 2.38. The van der Waals surface area contributed by atoms with Gasteiger partial charge >= 0.3 is 5.97 Å². The number of aliphatic carboxylic acids is 1. The van der Waals surface area contributed by atoms with E-state index in [0.717, 1.165) is 30.7 Å². The molecule has 0 saturated heterocycles. The van der Waals surface area contributed by atoms with Crippen LogP contribution in [0, 0.1) is 6.92 Å². The second-order valence-corrected chi connectivity index (χ2v) is 11.7. The third-order valence-electron chi connectivity index (χ3n) is 8.66. The zero-order valence-electron chi connectivity index (χ0n) is 25.8. The zero-order chi connectivity index (χ0) is 30.3. The number of ether oxygens (including phenoxy) is 2. The first-order chi connectivity index (χ1) is 20.8. The Morgan fingerprint density at radius 2 is 1.65 bits per heavy atom. The van der Waals surface area contributed by atoms with Crippen LogP contribution in [-0.2, 0) is 28.8 Å². The quantitative estimate of drug-likeness (QED) is 0.190. The van der Waals surface area contributed by atoms with Gasteiger partial charge in [-0.25, -0.2) is 4.79 Å². The molecule has 4 aromatic carbocycles. The van der Waals surface area contributed by atoms with Crippen molar-refractivity contribution in [2.45, 2.75) is 58.1 Å². The van der Waals surface area contributed by atoms with Gasteiger partial charge in [-0.3, -0.25) is 4.90 Å². The predicted molar refractivity (Wildman–Crippen MR) is 172 cm³/mol. The molecule has 0 amide bonds. The first-order valence-electron chi connectivity index (χ1n) is 15.4. The van der Waals surface area contributed by atoms with E-state index >= 15 is 0 Å². The van der Waals surface area contributed by atoms with Crippen LogP contribution in [0.3, 0.4) is 0 Å². The van der Waals surface area contributed by atoms with Gasteiger partial charge in [0.2, 0.25) is 0 Å². The molecule has 3 unspecified atom stereocenters. The minimum absolute atomic E-state index is 0.133. The standard InChI is InChI=1S/C38H43NO4/c1-5-42-36(38(40)41)24-28-12-18-33(19-13-28)43-22-21-39(4)37-34-20-11-26(2)23-32(34)17-15-30-14-16-31(25-35(30)37)27(3)29-9-7-6-8-10-29/h6-14,16,18-20,23,25,27,36-37H,5,15,17,21-22,24H2,1-4H3,(H,40,41). The summed E-state index contributed by atoms with van der Waals surface area (Å²) in [5, 5.41) is 9.39. The minimum atomic E-state index is -0.941. The van der Waals surface area contributed by atoms with Crippen molar-refractivity contribution in [3.05, 3.63) is 136 Å². The molecular formula is C38H43NO4. The van der Waals surface area contributed by atoms with E-state index in [1.54, 1.807) is 6.92 Å². The van der Waals surface area contributed by atoms with E-state index in [2.05, 4.69) is 92.5 Å². The van der Waals surface area contributed by atoms with Crippen LogP contribution < -0.4 is 4.74 Å². The number of fused-ring (bicyclic) bond motifs is 2. The van der Waals surface area contributed by atoms with Crippen LogP contribution in [0.5, 0.6) is 5.75 Å². The molecule has 0 aromatic heterocycles. The number of rotatable bonds is 12. The van der Waals surface area contributed by atoms with Crippen molar-refractivity contribution in [1.29, 1.82) is 0 Å². The van der Waals surface area contributed by atoms with E-state index in [0.29, 0.717) is 25.6 Å². The summed E-state index contributed by atoms with van der Waals surface area (Å²) < 4.78 is 11.5.